The number of thiazole rings is 1. The zero-order chi connectivity index (χ0) is 25.1. The van der Waals surface area contributed by atoms with Gasteiger partial charge in [0.15, 0.2) is 5.13 Å². The number of nitrogens with zero attached hydrogens (tertiary/aromatic N) is 3. The number of anilines is 2. The van der Waals surface area contributed by atoms with E-state index in [1.54, 1.807) is 6.07 Å². The molecule has 1 amide bonds. The molecule has 1 aromatic heterocycles. The Morgan fingerprint density at radius 3 is 2.59 bits per heavy atom. The van der Waals surface area contributed by atoms with Crippen LogP contribution in [-0.2, 0) is 0 Å². The fourth-order valence-corrected chi connectivity index (χ4v) is 4.06. The number of amides is 1. The highest BCUT2D eigenvalue weighted by molar-refractivity contribution is 7.17. The molecule has 184 valence electrons. The number of carbonyl (C=O) groups is 1. The molecule has 0 unspecified atom stereocenters. The molecule has 3 rings (SSSR count). The van der Waals surface area contributed by atoms with Gasteiger partial charge in [0.1, 0.15) is 10.7 Å². The number of carbonyl (C=O) groups excluding carboxylic acids is 1. The van der Waals surface area contributed by atoms with Crippen LogP contribution in [0.3, 0.4) is 0 Å². The number of allylic oxidation sites excluding steroid dienone is 1. The minimum Gasteiger partial charge on any atom is -0.354 e. The Kier molecular flexibility index (Phi) is 11.3. The Morgan fingerprint density at radius 1 is 1.29 bits per heavy atom. The lowest BCUT2D eigenvalue weighted by Gasteiger charge is -2.29. The number of para-hydroxylation sites is 1. The van der Waals surface area contributed by atoms with Crippen molar-refractivity contribution in [2.24, 2.45) is 4.99 Å². The van der Waals surface area contributed by atoms with Crippen molar-refractivity contribution in [3.8, 4) is 0 Å². The molecular weight excluding hydrogens is 468 g/mol. The second-order valence-corrected chi connectivity index (χ2v) is 9.51. The number of benzene rings is 1. The van der Waals surface area contributed by atoms with E-state index in [1.807, 2.05) is 39.0 Å². The molecule has 7 nitrogen and oxygen atoms in total. The normalized spacial score (nSPS) is 13.5. The van der Waals surface area contributed by atoms with Crippen LogP contribution in [0.15, 0.2) is 53.6 Å². The predicted octanol–water partition coefficient (Wildman–Crippen LogP) is 5.93. The number of hydrogen-bond acceptors (Lipinski definition) is 7. The van der Waals surface area contributed by atoms with Gasteiger partial charge in [-0.25, -0.2) is 9.98 Å². The third kappa shape index (κ3) is 8.59. The molecule has 1 fully saturated rings. The summed E-state index contributed by atoms with van der Waals surface area (Å²) in [7, 11) is 0. The highest BCUT2D eigenvalue weighted by Crippen LogP contribution is 2.27. The maximum Gasteiger partial charge on any atom is 0.267 e. The van der Waals surface area contributed by atoms with Crippen molar-refractivity contribution >= 4 is 45.4 Å². The zero-order valence-corrected chi connectivity index (χ0v) is 22.2. The Morgan fingerprint density at radius 2 is 1.97 bits per heavy atom. The van der Waals surface area contributed by atoms with Gasteiger partial charge in [0.25, 0.3) is 5.91 Å². The SMILES string of the molecule is C=C(/C=C(\N=C(C)C)N1CCNCC1)Nc1ncc(C(=O)Nc2c(C)cccc2Cl)s1.CCC. The summed E-state index contributed by atoms with van der Waals surface area (Å²) in [6, 6.07) is 5.49. The van der Waals surface area contributed by atoms with Crippen LogP contribution in [0.25, 0.3) is 0 Å². The van der Waals surface area contributed by atoms with Gasteiger partial charge in [-0.3, -0.25) is 4.79 Å². The van der Waals surface area contributed by atoms with Gasteiger partial charge < -0.3 is 20.9 Å². The fraction of sp³-hybridized carbons (Fsp3) is 0.400. The average Bonchev–Trinajstić information content (AvgIpc) is 3.25. The molecule has 0 aliphatic carbocycles. The minimum atomic E-state index is -0.254. The summed E-state index contributed by atoms with van der Waals surface area (Å²) in [6.07, 6.45) is 4.70. The quantitative estimate of drug-likeness (QED) is 0.323. The number of halogens is 1. The summed E-state index contributed by atoms with van der Waals surface area (Å²) >= 11 is 7.46. The lowest BCUT2D eigenvalue weighted by molar-refractivity contribution is 0.103. The first-order valence-corrected chi connectivity index (χ1v) is 12.6. The van der Waals surface area contributed by atoms with Gasteiger partial charge in [0.2, 0.25) is 0 Å². The Bertz CT molecular complexity index is 1020. The summed E-state index contributed by atoms with van der Waals surface area (Å²) < 4.78 is 0. The van der Waals surface area contributed by atoms with Crippen molar-refractivity contribution in [2.45, 2.75) is 41.0 Å². The van der Waals surface area contributed by atoms with E-state index in [1.165, 1.54) is 24.0 Å². The first-order chi connectivity index (χ1) is 16.2. The molecule has 2 heterocycles. The first kappa shape index (κ1) is 27.6. The van der Waals surface area contributed by atoms with Crippen molar-refractivity contribution in [1.29, 1.82) is 0 Å². The van der Waals surface area contributed by atoms with Gasteiger partial charge in [-0.2, -0.15) is 0 Å². The number of rotatable bonds is 7. The van der Waals surface area contributed by atoms with Gasteiger partial charge >= 0.3 is 0 Å². The Balaban J connectivity index is 0.00000129. The monoisotopic (exact) mass is 502 g/mol. The molecular formula is C25H35ClN6OS. The minimum absolute atomic E-state index is 0.254. The van der Waals surface area contributed by atoms with Crippen molar-refractivity contribution in [3.05, 3.63) is 64.0 Å². The van der Waals surface area contributed by atoms with E-state index in [-0.39, 0.29) is 5.91 Å². The summed E-state index contributed by atoms with van der Waals surface area (Å²) in [6.45, 7) is 17.8. The maximum absolute atomic E-state index is 12.6. The van der Waals surface area contributed by atoms with E-state index in [4.69, 9.17) is 11.6 Å². The highest BCUT2D eigenvalue weighted by Gasteiger charge is 2.15. The lowest BCUT2D eigenvalue weighted by Crippen LogP contribution is -2.42. The third-order valence-corrected chi connectivity index (χ3v) is 5.77. The molecule has 34 heavy (non-hydrogen) atoms. The highest BCUT2D eigenvalue weighted by atomic mass is 35.5. The Hall–Kier alpha value is -2.68. The van der Waals surface area contributed by atoms with Crippen molar-refractivity contribution < 1.29 is 4.79 Å². The van der Waals surface area contributed by atoms with Crippen molar-refractivity contribution in [3.63, 3.8) is 0 Å². The second-order valence-electron chi connectivity index (χ2n) is 8.07. The van der Waals surface area contributed by atoms with E-state index in [2.05, 4.69) is 51.3 Å². The van der Waals surface area contributed by atoms with Gasteiger partial charge in [-0.05, 0) is 32.4 Å². The Labute approximate surface area is 212 Å². The van der Waals surface area contributed by atoms with E-state index >= 15 is 0 Å². The molecule has 1 aromatic carbocycles. The first-order valence-electron chi connectivity index (χ1n) is 11.4. The van der Waals surface area contributed by atoms with Gasteiger partial charge in [-0.1, -0.05) is 61.9 Å². The van der Waals surface area contributed by atoms with Crippen molar-refractivity contribution in [1.82, 2.24) is 15.2 Å². The summed E-state index contributed by atoms with van der Waals surface area (Å²) in [5.41, 5.74) is 3.13. The number of hydrogen-bond donors (Lipinski definition) is 3. The van der Waals surface area contributed by atoms with Crippen LogP contribution in [0.2, 0.25) is 5.02 Å². The van der Waals surface area contributed by atoms with E-state index in [9.17, 15) is 4.79 Å². The van der Waals surface area contributed by atoms with Crippen LogP contribution in [-0.4, -0.2) is 47.7 Å². The van der Waals surface area contributed by atoms with Crippen LogP contribution in [0.5, 0.6) is 0 Å². The molecule has 1 aliphatic rings. The van der Waals surface area contributed by atoms with E-state index in [0.29, 0.717) is 26.4 Å². The maximum atomic E-state index is 12.6. The average molecular weight is 503 g/mol. The summed E-state index contributed by atoms with van der Waals surface area (Å²) in [4.78, 5) is 24.3. The van der Waals surface area contributed by atoms with Gasteiger partial charge in [0, 0.05) is 43.7 Å². The number of nitrogens with one attached hydrogen (secondary N) is 3. The summed E-state index contributed by atoms with van der Waals surface area (Å²) in [5, 5.41) is 10.5. The van der Waals surface area contributed by atoms with Crippen molar-refractivity contribution in [2.75, 3.05) is 36.8 Å². The predicted molar refractivity (Wildman–Crippen MR) is 146 cm³/mol. The topological polar surface area (TPSA) is 81.7 Å². The smallest absolute Gasteiger partial charge is 0.267 e. The summed E-state index contributed by atoms with van der Waals surface area (Å²) in [5.74, 6) is 0.610. The number of aromatic nitrogens is 1. The molecule has 0 spiro atoms. The molecule has 0 atom stereocenters. The number of piperazine rings is 1. The second kappa shape index (κ2) is 13.9. The fourth-order valence-electron chi connectivity index (χ4n) is 3.05. The zero-order valence-electron chi connectivity index (χ0n) is 20.7. The van der Waals surface area contributed by atoms with Crippen LogP contribution >= 0.6 is 22.9 Å². The molecule has 1 saturated heterocycles. The van der Waals surface area contributed by atoms with Gasteiger partial charge in [0.05, 0.1) is 16.9 Å². The number of aryl methyl sites for hydroxylation is 1. The van der Waals surface area contributed by atoms with E-state index < -0.39 is 0 Å². The standard InChI is InChI=1S/C22H27ClN6OS.C3H8/c1-14(2)26-19(29-10-8-24-9-11-29)12-16(4)27-22-25-13-18(31-22)21(30)28-20-15(3)6-5-7-17(20)23;1-3-2/h5-7,12-13,24H,4,8-11H2,1-3H3,(H,25,27)(H,28,30);3H2,1-2H3/b19-12+;. The van der Waals surface area contributed by atoms with Crippen LogP contribution in [0.4, 0.5) is 10.8 Å². The molecule has 2 aromatic rings. The van der Waals surface area contributed by atoms with Crippen LogP contribution in [0.1, 0.15) is 49.4 Å². The van der Waals surface area contributed by atoms with E-state index in [0.717, 1.165) is 43.3 Å². The molecule has 9 heteroatoms. The van der Waals surface area contributed by atoms with Gasteiger partial charge in [-0.15, -0.1) is 0 Å². The largest absolute Gasteiger partial charge is 0.354 e. The van der Waals surface area contributed by atoms with Crippen LogP contribution in [0, 0.1) is 6.92 Å². The molecule has 1 aliphatic heterocycles. The number of aliphatic imine (C=N–C) groups is 1. The molecule has 0 bridgehead atoms. The molecule has 0 saturated carbocycles. The van der Waals surface area contributed by atoms with Crippen LogP contribution < -0.4 is 16.0 Å². The molecule has 0 radical (unpaired) electrons. The third-order valence-electron chi connectivity index (χ3n) is 4.54. The lowest BCUT2D eigenvalue weighted by atomic mass is 10.2. The molecule has 3 N–H and O–H groups in total.